The Morgan fingerprint density at radius 3 is 1.15 bits per heavy atom. The minimum atomic E-state index is 0.693. The average Bonchev–Trinajstić information content (AvgIpc) is 3.34. The van der Waals surface area contributed by atoms with Crippen LogP contribution in [0.5, 0.6) is 0 Å². The maximum Gasteiger partial charge on any atom is 0.160 e. The molecule has 0 fully saturated rings. The molecule has 1 aromatic heterocycles. The molecule has 0 saturated carbocycles. The summed E-state index contributed by atoms with van der Waals surface area (Å²) in [4.78, 5) is 10.4. The van der Waals surface area contributed by atoms with Gasteiger partial charge in [0.25, 0.3) is 0 Å². The van der Waals surface area contributed by atoms with Crippen LogP contribution in [-0.4, -0.2) is 9.97 Å². The number of hydrogen-bond acceptors (Lipinski definition) is 2. The lowest BCUT2D eigenvalue weighted by molar-refractivity contribution is 1.18. The molecule has 0 aliphatic carbocycles. The topological polar surface area (TPSA) is 25.8 Å². The smallest absolute Gasteiger partial charge is 0.160 e. The maximum absolute atomic E-state index is 5.23. The van der Waals surface area contributed by atoms with Crippen LogP contribution in [0.1, 0.15) is 0 Å². The van der Waals surface area contributed by atoms with Crippen molar-refractivity contribution in [2.45, 2.75) is 0 Å². The fourth-order valence-electron chi connectivity index (χ4n) is 8.57. The lowest BCUT2D eigenvalue weighted by atomic mass is 9.89. The molecule has 11 aromatic rings. The lowest BCUT2D eigenvalue weighted by Crippen LogP contribution is -1.96. The van der Waals surface area contributed by atoms with Crippen molar-refractivity contribution >= 4 is 32.3 Å². The average molecular weight is 763 g/mol. The molecule has 1 heterocycles. The maximum atomic E-state index is 5.23. The van der Waals surface area contributed by atoms with Crippen LogP contribution < -0.4 is 0 Å². The van der Waals surface area contributed by atoms with E-state index in [1.54, 1.807) is 0 Å². The first-order valence-corrected chi connectivity index (χ1v) is 20.5. The van der Waals surface area contributed by atoms with Crippen molar-refractivity contribution < 1.29 is 0 Å². The van der Waals surface area contributed by atoms with Gasteiger partial charge in [0, 0.05) is 16.7 Å². The Morgan fingerprint density at radius 1 is 0.217 bits per heavy atom. The third kappa shape index (κ3) is 6.61. The summed E-state index contributed by atoms with van der Waals surface area (Å²) in [6.07, 6.45) is 0. The van der Waals surface area contributed by atoms with Gasteiger partial charge in [-0.25, -0.2) is 9.97 Å². The van der Waals surface area contributed by atoms with E-state index in [9.17, 15) is 0 Å². The molecule has 0 bridgehead atoms. The van der Waals surface area contributed by atoms with Gasteiger partial charge in [-0.2, -0.15) is 0 Å². The molecule has 0 aliphatic rings. The van der Waals surface area contributed by atoms with Crippen LogP contribution in [0.15, 0.2) is 231 Å². The van der Waals surface area contributed by atoms with E-state index < -0.39 is 0 Å². The zero-order valence-corrected chi connectivity index (χ0v) is 32.8. The molecule has 2 heteroatoms. The number of fused-ring (bicyclic) bond motifs is 4. The molecule has 0 atom stereocenters. The van der Waals surface area contributed by atoms with Crippen LogP contribution in [0.2, 0.25) is 0 Å². The Morgan fingerprint density at radius 2 is 0.617 bits per heavy atom. The molecular weight excluding hydrogens is 725 g/mol. The third-order valence-corrected chi connectivity index (χ3v) is 11.7. The summed E-state index contributed by atoms with van der Waals surface area (Å²) in [5.74, 6) is 0.693. The molecule has 0 unspecified atom stereocenters. The first-order chi connectivity index (χ1) is 29.7. The van der Waals surface area contributed by atoms with E-state index in [2.05, 4.69) is 224 Å². The van der Waals surface area contributed by atoms with Crippen LogP contribution in [0.25, 0.3) is 111 Å². The molecule has 280 valence electrons. The summed E-state index contributed by atoms with van der Waals surface area (Å²) in [5, 5.41) is 7.52. The number of rotatable bonds is 7. The van der Waals surface area contributed by atoms with Gasteiger partial charge in [0.05, 0.1) is 11.4 Å². The van der Waals surface area contributed by atoms with Gasteiger partial charge in [-0.05, 0) is 89.0 Å². The summed E-state index contributed by atoms with van der Waals surface area (Å²) in [7, 11) is 0. The van der Waals surface area contributed by atoms with E-state index in [1.807, 2.05) is 6.07 Å². The number of nitrogens with zero attached hydrogens (tertiary/aromatic N) is 2. The summed E-state index contributed by atoms with van der Waals surface area (Å²) in [5.41, 5.74) is 14.3. The first-order valence-electron chi connectivity index (χ1n) is 20.5. The molecule has 0 amide bonds. The number of hydrogen-bond donors (Lipinski definition) is 0. The Bertz CT molecular complexity index is 3300. The molecule has 2 nitrogen and oxygen atoms in total. The second-order valence-corrected chi connectivity index (χ2v) is 15.4. The van der Waals surface area contributed by atoms with Crippen LogP contribution in [-0.2, 0) is 0 Å². The molecular formula is C58H38N2. The highest BCUT2D eigenvalue weighted by Crippen LogP contribution is 2.40. The Balaban J connectivity index is 0.988. The quantitative estimate of drug-likeness (QED) is 0.119. The van der Waals surface area contributed by atoms with Crippen LogP contribution >= 0.6 is 0 Å². The van der Waals surface area contributed by atoms with E-state index in [-0.39, 0.29) is 0 Å². The molecule has 10 aromatic carbocycles. The fraction of sp³-hybridized carbons (Fsp3) is 0. The predicted molar refractivity (Wildman–Crippen MR) is 253 cm³/mol. The summed E-state index contributed by atoms with van der Waals surface area (Å²) < 4.78 is 0. The van der Waals surface area contributed by atoms with E-state index in [1.165, 1.54) is 65.7 Å². The van der Waals surface area contributed by atoms with Crippen molar-refractivity contribution in [2.24, 2.45) is 0 Å². The minimum absolute atomic E-state index is 0.693. The van der Waals surface area contributed by atoms with Gasteiger partial charge in [-0.3, -0.25) is 0 Å². The highest BCUT2D eigenvalue weighted by atomic mass is 14.9. The molecule has 60 heavy (non-hydrogen) atoms. The SMILES string of the molecule is c1ccc(-c2ccc(-c3ccc(-c4cc(-c5ccc(-c6c7ccccc7cc7c6ccc6ccccc67)cc5)nc(-c5ccc(-c6ccccc6)cc5)n4)cc3)cc2)cc1. The Hall–Kier alpha value is -7.94. The van der Waals surface area contributed by atoms with E-state index in [0.29, 0.717) is 5.82 Å². The van der Waals surface area contributed by atoms with Crippen molar-refractivity contribution in [1.82, 2.24) is 9.97 Å². The Kier molecular flexibility index (Phi) is 8.87. The zero-order valence-electron chi connectivity index (χ0n) is 32.8. The largest absolute Gasteiger partial charge is 0.228 e. The Labute approximate surface area is 349 Å². The van der Waals surface area contributed by atoms with Crippen molar-refractivity contribution in [2.75, 3.05) is 0 Å². The molecule has 11 rings (SSSR count). The minimum Gasteiger partial charge on any atom is -0.228 e. The predicted octanol–water partition coefficient (Wildman–Crippen LogP) is 15.6. The monoisotopic (exact) mass is 762 g/mol. The van der Waals surface area contributed by atoms with Gasteiger partial charge in [-0.15, -0.1) is 0 Å². The van der Waals surface area contributed by atoms with Gasteiger partial charge in [0.15, 0.2) is 5.82 Å². The van der Waals surface area contributed by atoms with Gasteiger partial charge in [0.2, 0.25) is 0 Å². The van der Waals surface area contributed by atoms with Crippen LogP contribution in [0.4, 0.5) is 0 Å². The number of aromatic nitrogens is 2. The first kappa shape index (κ1) is 35.2. The summed E-state index contributed by atoms with van der Waals surface area (Å²) >= 11 is 0. The highest BCUT2D eigenvalue weighted by Gasteiger charge is 2.15. The highest BCUT2D eigenvalue weighted by molar-refractivity contribution is 6.20. The second kappa shape index (κ2) is 15.1. The molecule has 0 spiro atoms. The van der Waals surface area contributed by atoms with Crippen molar-refractivity contribution in [3.63, 3.8) is 0 Å². The van der Waals surface area contributed by atoms with Gasteiger partial charge < -0.3 is 0 Å². The molecule has 0 saturated heterocycles. The molecule has 0 aliphatic heterocycles. The summed E-state index contributed by atoms with van der Waals surface area (Å²) in [6, 6.07) is 82.4. The fourth-order valence-corrected chi connectivity index (χ4v) is 8.57. The van der Waals surface area contributed by atoms with Gasteiger partial charge in [0.1, 0.15) is 0 Å². The standard InChI is InChI=1S/C58H38N2/c1-3-11-39(12-4-1)41-19-21-43(22-20-41)44-23-27-46(28-24-44)55-38-56(60-58(59-55)49-33-25-42(26-34-49)40-13-5-2-6-14-40)47-29-31-48(32-30-47)57-52-18-10-8-16-50(52)37-54-51-17-9-7-15-45(51)35-36-53(54)57/h1-38H. The molecule has 0 N–H and O–H groups in total. The summed E-state index contributed by atoms with van der Waals surface area (Å²) in [6.45, 7) is 0. The van der Waals surface area contributed by atoms with Crippen molar-refractivity contribution in [3.8, 4) is 78.4 Å². The lowest BCUT2D eigenvalue weighted by Gasteiger charge is -2.15. The third-order valence-electron chi connectivity index (χ3n) is 11.7. The van der Waals surface area contributed by atoms with Crippen LogP contribution in [0, 0.1) is 0 Å². The van der Waals surface area contributed by atoms with Crippen molar-refractivity contribution in [3.05, 3.63) is 231 Å². The zero-order chi connectivity index (χ0) is 39.8. The van der Waals surface area contributed by atoms with Gasteiger partial charge in [-0.1, -0.05) is 218 Å². The number of benzene rings is 10. The van der Waals surface area contributed by atoms with E-state index in [0.717, 1.165) is 39.2 Å². The van der Waals surface area contributed by atoms with Crippen LogP contribution in [0.3, 0.4) is 0 Å². The van der Waals surface area contributed by atoms with E-state index in [4.69, 9.17) is 9.97 Å². The van der Waals surface area contributed by atoms with E-state index >= 15 is 0 Å². The second-order valence-electron chi connectivity index (χ2n) is 15.4. The molecule has 0 radical (unpaired) electrons. The van der Waals surface area contributed by atoms with Gasteiger partial charge >= 0.3 is 0 Å². The normalized spacial score (nSPS) is 11.3. The van der Waals surface area contributed by atoms with Crippen molar-refractivity contribution in [1.29, 1.82) is 0 Å².